The van der Waals surface area contributed by atoms with Crippen LogP contribution in [-0.4, -0.2) is 47.5 Å². The molecule has 0 aliphatic carbocycles. The van der Waals surface area contributed by atoms with Crippen molar-refractivity contribution < 1.29 is 23.1 Å². The lowest BCUT2D eigenvalue weighted by atomic mass is 10.2. The zero-order valence-corrected chi connectivity index (χ0v) is 20.7. The molecule has 1 fully saturated rings. The number of benzene rings is 2. The normalized spacial score (nSPS) is 15.1. The molecule has 2 aromatic carbocycles. The van der Waals surface area contributed by atoms with Crippen LogP contribution in [0.25, 0.3) is 0 Å². The first-order chi connectivity index (χ1) is 17.0. The number of furan rings is 1. The zero-order chi connectivity index (χ0) is 24.6. The van der Waals surface area contributed by atoms with Gasteiger partial charge in [-0.25, -0.2) is 9.18 Å². The maximum Gasteiger partial charge on any atom is 0.322 e. The van der Waals surface area contributed by atoms with Gasteiger partial charge in [-0.15, -0.1) is 0 Å². The van der Waals surface area contributed by atoms with Crippen molar-refractivity contribution in [2.75, 3.05) is 25.0 Å². The van der Waals surface area contributed by atoms with Crippen molar-refractivity contribution in [3.05, 3.63) is 88.5 Å². The van der Waals surface area contributed by atoms with Gasteiger partial charge in [-0.1, -0.05) is 34.1 Å². The van der Waals surface area contributed by atoms with Crippen molar-refractivity contribution >= 4 is 33.6 Å². The molecule has 1 unspecified atom stereocenters. The quantitative estimate of drug-likeness (QED) is 0.390. The summed E-state index contributed by atoms with van der Waals surface area (Å²) in [6.07, 6.45) is 3.19. The van der Waals surface area contributed by atoms with E-state index in [-0.39, 0.29) is 43.5 Å². The highest BCUT2D eigenvalue weighted by Crippen LogP contribution is 2.19. The van der Waals surface area contributed by atoms with E-state index in [1.807, 2.05) is 12.1 Å². The average Bonchev–Trinajstić information content (AvgIpc) is 3.54. The Kier molecular flexibility index (Phi) is 8.54. The second-order valence-electron chi connectivity index (χ2n) is 8.41. The van der Waals surface area contributed by atoms with Crippen molar-refractivity contribution in [3.63, 3.8) is 0 Å². The van der Waals surface area contributed by atoms with Crippen LogP contribution in [0.4, 0.5) is 14.9 Å². The predicted molar refractivity (Wildman–Crippen MR) is 133 cm³/mol. The predicted octanol–water partition coefficient (Wildman–Crippen LogP) is 5.42. The molecular formula is C26H27BrFN3O4. The molecule has 35 heavy (non-hydrogen) atoms. The Morgan fingerprint density at radius 2 is 1.89 bits per heavy atom. The molecule has 3 aromatic rings. The summed E-state index contributed by atoms with van der Waals surface area (Å²) in [4.78, 5) is 29.8. The van der Waals surface area contributed by atoms with Gasteiger partial charge in [-0.05, 0) is 60.9 Å². The van der Waals surface area contributed by atoms with Gasteiger partial charge in [0.15, 0.2) is 0 Å². The summed E-state index contributed by atoms with van der Waals surface area (Å²) >= 11 is 3.41. The van der Waals surface area contributed by atoms with Gasteiger partial charge in [0.05, 0.1) is 18.9 Å². The zero-order valence-electron chi connectivity index (χ0n) is 19.2. The van der Waals surface area contributed by atoms with Gasteiger partial charge in [0, 0.05) is 29.9 Å². The average molecular weight is 544 g/mol. The highest BCUT2D eigenvalue weighted by atomic mass is 79.9. The topological polar surface area (TPSA) is 75.0 Å². The lowest BCUT2D eigenvalue weighted by Gasteiger charge is -2.29. The van der Waals surface area contributed by atoms with Gasteiger partial charge in [0.25, 0.3) is 0 Å². The van der Waals surface area contributed by atoms with Crippen LogP contribution in [0.1, 0.15) is 24.2 Å². The van der Waals surface area contributed by atoms with E-state index in [4.69, 9.17) is 9.15 Å². The van der Waals surface area contributed by atoms with Gasteiger partial charge in [0.2, 0.25) is 5.91 Å². The van der Waals surface area contributed by atoms with Gasteiger partial charge in [-0.2, -0.15) is 0 Å². The monoisotopic (exact) mass is 543 g/mol. The van der Waals surface area contributed by atoms with Crippen LogP contribution in [0.2, 0.25) is 0 Å². The molecule has 1 atom stereocenters. The Bertz CT molecular complexity index is 1120. The summed E-state index contributed by atoms with van der Waals surface area (Å²) in [5, 5.41) is 2.87. The summed E-state index contributed by atoms with van der Waals surface area (Å²) in [5.74, 6) is 0.0162. The number of nitrogens with one attached hydrogen (secondary N) is 1. The third-order valence-corrected chi connectivity index (χ3v) is 6.20. The molecule has 184 valence electrons. The maximum atomic E-state index is 13.5. The van der Waals surface area contributed by atoms with E-state index >= 15 is 0 Å². The molecule has 3 amide bonds. The Labute approximate surface area is 212 Å². The molecule has 0 spiro atoms. The van der Waals surface area contributed by atoms with Crippen LogP contribution in [0, 0.1) is 5.82 Å². The maximum absolute atomic E-state index is 13.5. The summed E-state index contributed by atoms with van der Waals surface area (Å²) in [6, 6.07) is 16.4. The van der Waals surface area contributed by atoms with Gasteiger partial charge in [-0.3, -0.25) is 4.79 Å². The molecule has 4 rings (SSSR count). The van der Waals surface area contributed by atoms with Crippen LogP contribution >= 0.6 is 15.9 Å². The second-order valence-corrected chi connectivity index (χ2v) is 9.33. The Morgan fingerprint density at radius 3 is 2.57 bits per heavy atom. The minimum Gasteiger partial charge on any atom is -0.467 e. The van der Waals surface area contributed by atoms with E-state index in [2.05, 4.69) is 21.2 Å². The molecule has 1 aromatic heterocycles. The first kappa shape index (κ1) is 24.9. The number of hydrogen-bond acceptors (Lipinski definition) is 4. The molecule has 2 heterocycles. The number of nitrogens with zero attached hydrogens (tertiary/aromatic N) is 2. The smallest absolute Gasteiger partial charge is 0.322 e. The number of ether oxygens (including phenoxy) is 1. The first-order valence-electron chi connectivity index (χ1n) is 11.4. The Morgan fingerprint density at radius 1 is 1.06 bits per heavy atom. The number of carbonyl (C=O) groups is 2. The van der Waals surface area contributed by atoms with E-state index < -0.39 is 0 Å². The molecule has 9 heteroatoms. The number of amides is 3. The minimum atomic E-state index is -0.383. The molecule has 7 nitrogen and oxygen atoms in total. The third-order valence-electron chi connectivity index (χ3n) is 5.70. The van der Waals surface area contributed by atoms with Crippen molar-refractivity contribution in [3.8, 4) is 0 Å². The first-order valence-corrected chi connectivity index (χ1v) is 12.2. The van der Waals surface area contributed by atoms with Gasteiger partial charge >= 0.3 is 6.03 Å². The molecule has 1 saturated heterocycles. The van der Waals surface area contributed by atoms with E-state index in [1.54, 1.807) is 47.6 Å². The van der Waals surface area contributed by atoms with E-state index in [9.17, 15) is 14.0 Å². The van der Waals surface area contributed by atoms with Gasteiger partial charge < -0.3 is 24.3 Å². The molecule has 0 radical (unpaired) electrons. The fourth-order valence-corrected chi connectivity index (χ4v) is 4.32. The van der Waals surface area contributed by atoms with Gasteiger partial charge in [0.1, 0.15) is 18.1 Å². The molecule has 0 saturated carbocycles. The highest BCUT2D eigenvalue weighted by molar-refractivity contribution is 9.10. The summed E-state index contributed by atoms with van der Waals surface area (Å²) in [6.45, 7) is 1.29. The highest BCUT2D eigenvalue weighted by Gasteiger charge is 2.27. The molecule has 1 aliphatic heterocycles. The van der Waals surface area contributed by atoms with Crippen molar-refractivity contribution in [2.24, 2.45) is 0 Å². The van der Waals surface area contributed by atoms with Crippen molar-refractivity contribution in [1.29, 1.82) is 0 Å². The summed E-state index contributed by atoms with van der Waals surface area (Å²) < 4.78 is 25.4. The molecule has 1 N–H and O–H groups in total. The summed E-state index contributed by atoms with van der Waals surface area (Å²) in [5.41, 5.74) is 1.39. The summed E-state index contributed by atoms with van der Waals surface area (Å²) in [7, 11) is 0. The number of carbonyl (C=O) groups excluding carboxylic acids is 2. The molecule has 1 aliphatic rings. The Hall–Kier alpha value is -3.17. The second kappa shape index (κ2) is 12.0. The molecule has 0 bridgehead atoms. The van der Waals surface area contributed by atoms with E-state index in [0.29, 0.717) is 24.6 Å². The lowest BCUT2D eigenvalue weighted by Crippen LogP contribution is -2.46. The van der Waals surface area contributed by atoms with Crippen LogP contribution in [0.5, 0.6) is 0 Å². The molecular weight excluding hydrogens is 517 g/mol. The van der Waals surface area contributed by atoms with E-state index in [1.165, 1.54) is 17.0 Å². The number of halogens is 2. The third kappa shape index (κ3) is 7.40. The van der Waals surface area contributed by atoms with E-state index in [0.717, 1.165) is 22.9 Å². The SMILES string of the molecule is O=C(CN(CC1CCCO1)C(=O)Nc1cccc(Br)c1)N(Cc1ccc(F)cc1)Cc1ccco1. The fourth-order valence-electron chi connectivity index (χ4n) is 3.92. The lowest BCUT2D eigenvalue weighted by molar-refractivity contribution is -0.133. The van der Waals surface area contributed by atoms with Crippen LogP contribution in [-0.2, 0) is 22.6 Å². The number of hydrogen-bond donors (Lipinski definition) is 1. The number of rotatable bonds is 9. The fraction of sp³-hybridized carbons (Fsp3) is 0.308. The van der Waals surface area contributed by atoms with Crippen molar-refractivity contribution in [1.82, 2.24) is 9.80 Å². The van der Waals surface area contributed by atoms with Crippen molar-refractivity contribution in [2.45, 2.75) is 32.0 Å². The minimum absolute atomic E-state index is 0.119. The van der Waals surface area contributed by atoms with Crippen LogP contribution in [0.3, 0.4) is 0 Å². The van der Waals surface area contributed by atoms with Crippen LogP contribution in [0.15, 0.2) is 75.8 Å². The van der Waals surface area contributed by atoms with Crippen LogP contribution < -0.4 is 5.32 Å². The number of anilines is 1. The number of urea groups is 1. The Balaban J connectivity index is 1.50. The standard InChI is InChI=1S/C26H27BrFN3O4/c27-20-4-1-5-22(14-20)29-26(33)31(17-24-7-3-13-35-24)18-25(32)30(16-23-6-2-12-34-23)15-19-8-10-21(28)11-9-19/h1-2,4-6,8-12,14,24H,3,7,13,15-18H2,(H,29,33). The largest absolute Gasteiger partial charge is 0.467 e.